The van der Waals surface area contributed by atoms with E-state index < -0.39 is 0 Å². The Bertz CT molecular complexity index is 483. The number of H-pyrrole nitrogens is 1. The lowest BCUT2D eigenvalue weighted by molar-refractivity contribution is 0.0225. The summed E-state index contributed by atoms with van der Waals surface area (Å²) in [4.78, 5) is 27.6. The van der Waals surface area contributed by atoms with Gasteiger partial charge in [-0.15, -0.1) is 0 Å². The number of hydrogen-bond donors (Lipinski definition) is 2. The fourth-order valence-corrected chi connectivity index (χ4v) is 2.35. The Morgan fingerprint density at radius 1 is 1.56 bits per heavy atom. The van der Waals surface area contributed by atoms with E-state index in [9.17, 15) is 14.7 Å². The molecule has 0 aliphatic carbocycles. The summed E-state index contributed by atoms with van der Waals surface area (Å²) in [5.74, 6) is -0.0452. The van der Waals surface area contributed by atoms with Gasteiger partial charge in [0, 0.05) is 25.1 Å². The Labute approximate surface area is 105 Å². The zero-order chi connectivity index (χ0) is 13.1. The number of hydrogen-bond acceptors (Lipinski definition) is 3. The maximum atomic E-state index is 12.2. The molecule has 2 rings (SSSR count). The number of piperidine rings is 1. The van der Waals surface area contributed by atoms with Gasteiger partial charge in [0.2, 0.25) is 5.56 Å². The minimum absolute atomic E-state index is 0.123. The van der Waals surface area contributed by atoms with E-state index >= 15 is 0 Å². The monoisotopic (exact) mass is 250 g/mol. The van der Waals surface area contributed by atoms with Gasteiger partial charge < -0.3 is 15.0 Å². The first-order valence-electron chi connectivity index (χ1n) is 6.28. The molecule has 0 spiro atoms. The highest BCUT2D eigenvalue weighted by atomic mass is 16.3. The number of aliphatic hydroxyl groups excluding tert-OH is 1. The molecule has 2 atom stereocenters. The molecule has 2 heterocycles. The number of amides is 1. The fourth-order valence-electron chi connectivity index (χ4n) is 2.35. The maximum absolute atomic E-state index is 12.2. The molecule has 1 aliphatic heterocycles. The minimum Gasteiger partial charge on any atom is -0.393 e. The molecule has 1 fully saturated rings. The van der Waals surface area contributed by atoms with Crippen LogP contribution in [0.5, 0.6) is 0 Å². The molecule has 1 saturated heterocycles. The second kappa shape index (κ2) is 5.35. The van der Waals surface area contributed by atoms with Gasteiger partial charge >= 0.3 is 0 Å². The summed E-state index contributed by atoms with van der Waals surface area (Å²) >= 11 is 0. The number of nitrogens with one attached hydrogen (secondary N) is 1. The first-order valence-corrected chi connectivity index (χ1v) is 6.28. The predicted octanol–water partition coefficient (Wildman–Crippen LogP) is 0.608. The van der Waals surface area contributed by atoms with Crippen LogP contribution < -0.4 is 5.56 Å². The SMILES string of the molecule is CCC1CN(C(=O)c2cccc(=O)[nH]2)CCC1O. The molecule has 1 aliphatic rings. The number of rotatable bonds is 2. The molecular weight excluding hydrogens is 232 g/mol. The van der Waals surface area contributed by atoms with Crippen LogP contribution in [0.3, 0.4) is 0 Å². The van der Waals surface area contributed by atoms with Crippen LogP contribution in [-0.2, 0) is 0 Å². The van der Waals surface area contributed by atoms with Crippen molar-refractivity contribution in [2.45, 2.75) is 25.9 Å². The third-order valence-corrected chi connectivity index (χ3v) is 3.50. The molecule has 0 saturated carbocycles. The summed E-state index contributed by atoms with van der Waals surface area (Å²) in [6.07, 6.45) is 1.12. The van der Waals surface area contributed by atoms with Gasteiger partial charge in [-0.1, -0.05) is 13.0 Å². The van der Waals surface area contributed by atoms with Crippen LogP contribution in [0.4, 0.5) is 0 Å². The van der Waals surface area contributed by atoms with Crippen molar-refractivity contribution in [1.29, 1.82) is 0 Å². The van der Waals surface area contributed by atoms with Gasteiger partial charge in [-0.2, -0.15) is 0 Å². The average Bonchev–Trinajstić information content (AvgIpc) is 2.38. The Kier molecular flexibility index (Phi) is 3.81. The van der Waals surface area contributed by atoms with Crippen LogP contribution in [0, 0.1) is 5.92 Å². The third kappa shape index (κ3) is 2.61. The molecule has 1 aromatic rings. The molecule has 0 radical (unpaired) electrons. The van der Waals surface area contributed by atoms with Crippen LogP contribution in [0.1, 0.15) is 30.3 Å². The van der Waals surface area contributed by atoms with Crippen molar-refractivity contribution in [2.24, 2.45) is 5.92 Å². The summed E-state index contributed by atoms with van der Waals surface area (Å²) in [6.45, 7) is 3.09. The van der Waals surface area contributed by atoms with Crippen molar-refractivity contribution in [1.82, 2.24) is 9.88 Å². The van der Waals surface area contributed by atoms with Crippen molar-refractivity contribution in [3.63, 3.8) is 0 Å². The predicted molar refractivity (Wildman–Crippen MR) is 67.4 cm³/mol. The van der Waals surface area contributed by atoms with E-state index in [2.05, 4.69) is 4.98 Å². The summed E-state index contributed by atoms with van der Waals surface area (Å²) in [5, 5.41) is 9.79. The number of nitrogens with zero attached hydrogens (tertiary/aromatic N) is 1. The van der Waals surface area contributed by atoms with Crippen molar-refractivity contribution in [3.8, 4) is 0 Å². The van der Waals surface area contributed by atoms with E-state index in [1.165, 1.54) is 6.07 Å². The van der Waals surface area contributed by atoms with Crippen LogP contribution in [0.2, 0.25) is 0 Å². The van der Waals surface area contributed by atoms with Gasteiger partial charge in [0.05, 0.1) is 6.10 Å². The van der Waals surface area contributed by atoms with Crippen LogP contribution in [-0.4, -0.2) is 40.1 Å². The molecule has 98 valence electrons. The molecule has 18 heavy (non-hydrogen) atoms. The molecule has 0 bridgehead atoms. The first-order chi connectivity index (χ1) is 8.61. The molecule has 5 nitrogen and oxygen atoms in total. The second-order valence-electron chi connectivity index (χ2n) is 4.70. The molecule has 1 aromatic heterocycles. The Balaban J connectivity index is 2.12. The van der Waals surface area contributed by atoms with Crippen molar-refractivity contribution >= 4 is 5.91 Å². The van der Waals surface area contributed by atoms with Crippen LogP contribution in [0.15, 0.2) is 23.0 Å². The van der Waals surface area contributed by atoms with Gasteiger partial charge in [0.1, 0.15) is 5.69 Å². The number of aromatic amines is 1. The Morgan fingerprint density at radius 2 is 2.33 bits per heavy atom. The summed E-state index contributed by atoms with van der Waals surface area (Å²) in [7, 11) is 0. The number of likely N-dealkylation sites (tertiary alicyclic amines) is 1. The zero-order valence-electron chi connectivity index (χ0n) is 10.4. The molecule has 2 unspecified atom stereocenters. The van der Waals surface area contributed by atoms with Gasteiger partial charge in [0.25, 0.3) is 5.91 Å². The number of aromatic nitrogens is 1. The van der Waals surface area contributed by atoms with E-state index in [4.69, 9.17) is 0 Å². The average molecular weight is 250 g/mol. The van der Waals surface area contributed by atoms with Crippen molar-refractivity contribution in [3.05, 3.63) is 34.2 Å². The highest BCUT2D eigenvalue weighted by molar-refractivity contribution is 5.92. The standard InChI is InChI=1S/C13H18N2O3/c1-2-9-8-15(7-6-11(9)16)13(18)10-4-3-5-12(17)14-10/h3-5,9,11,16H,2,6-8H2,1H3,(H,14,17). The van der Waals surface area contributed by atoms with Crippen molar-refractivity contribution < 1.29 is 9.90 Å². The smallest absolute Gasteiger partial charge is 0.270 e. The van der Waals surface area contributed by atoms with E-state index in [0.29, 0.717) is 25.2 Å². The highest BCUT2D eigenvalue weighted by Gasteiger charge is 2.29. The lowest BCUT2D eigenvalue weighted by Gasteiger charge is -2.35. The molecule has 5 heteroatoms. The molecule has 2 N–H and O–H groups in total. The summed E-state index contributed by atoms with van der Waals surface area (Å²) in [6, 6.07) is 4.56. The number of aliphatic hydroxyl groups is 1. The number of carbonyl (C=O) groups is 1. The van der Waals surface area contributed by atoms with E-state index in [0.717, 1.165) is 6.42 Å². The number of pyridine rings is 1. The number of carbonyl (C=O) groups excluding carboxylic acids is 1. The lowest BCUT2D eigenvalue weighted by Crippen LogP contribution is -2.46. The fraction of sp³-hybridized carbons (Fsp3) is 0.538. The van der Waals surface area contributed by atoms with E-state index in [1.54, 1.807) is 17.0 Å². The van der Waals surface area contributed by atoms with Gasteiger partial charge in [-0.05, 0) is 18.9 Å². The Hall–Kier alpha value is -1.62. The largest absolute Gasteiger partial charge is 0.393 e. The lowest BCUT2D eigenvalue weighted by atomic mass is 9.92. The van der Waals surface area contributed by atoms with E-state index in [1.807, 2.05) is 6.92 Å². The Morgan fingerprint density at radius 3 is 3.00 bits per heavy atom. The van der Waals surface area contributed by atoms with Gasteiger partial charge in [-0.3, -0.25) is 9.59 Å². The zero-order valence-corrected chi connectivity index (χ0v) is 10.4. The van der Waals surface area contributed by atoms with Crippen LogP contribution >= 0.6 is 0 Å². The van der Waals surface area contributed by atoms with Gasteiger partial charge in [-0.25, -0.2) is 0 Å². The third-order valence-electron chi connectivity index (χ3n) is 3.50. The normalized spacial score (nSPS) is 24.0. The maximum Gasteiger partial charge on any atom is 0.270 e. The van der Waals surface area contributed by atoms with Crippen LogP contribution in [0.25, 0.3) is 0 Å². The second-order valence-corrected chi connectivity index (χ2v) is 4.70. The summed E-state index contributed by atoms with van der Waals surface area (Å²) in [5.41, 5.74) is 0.0404. The molecular formula is C13H18N2O3. The van der Waals surface area contributed by atoms with E-state index in [-0.39, 0.29) is 23.5 Å². The highest BCUT2D eigenvalue weighted by Crippen LogP contribution is 2.21. The van der Waals surface area contributed by atoms with Gasteiger partial charge in [0.15, 0.2) is 0 Å². The molecule has 1 amide bonds. The molecule has 0 aromatic carbocycles. The van der Waals surface area contributed by atoms with Crippen molar-refractivity contribution in [2.75, 3.05) is 13.1 Å². The quantitative estimate of drug-likeness (QED) is 0.807. The topological polar surface area (TPSA) is 73.4 Å². The first kappa shape index (κ1) is 12.8. The summed E-state index contributed by atoms with van der Waals surface area (Å²) < 4.78 is 0. The minimum atomic E-state index is -0.325.